The number of hydrogen-bond donors (Lipinski definition) is 0. The van der Waals surface area contributed by atoms with Crippen LogP contribution in [0.2, 0.25) is 0 Å². The van der Waals surface area contributed by atoms with Gasteiger partial charge < -0.3 is 0 Å². The maximum atomic E-state index is 11.7. The Bertz CT molecular complexity index is 171. The van der Waals surface area contributed by atoms with Crippen LogP contribution in [0.25, 0.3) is 0 Å². The second kappa shape index (κ2) is 17.0. The summed E-state index contributed by atoms with van der Waals surface area (Å²) >= 11 is 0. The van der Waals surface area contributed by atoms with Crippen LogP contribution in [-0.4, -0.2) is 12.7 Å². The average Bonchev–Trinajstić information content (AvgIpc) is 2.45. The maximum Gasteiger partial charge on any atom is 0.0930 e. The van der Waals surface area contributed by atoms with Crippen molar-refractivity contribution in [2.45, 2.75) is 109 Å². The molecule has 120 valence electrons. The molecule has 0 saturated carbocycles. The van der Waals surface area contributed by atoms with Crippen LogP contribution in [0.1, 0.15) is 103 Å². The van der Waals surface area contributed by atoms with Crippen LogP contribution in [0, 0.1) is 0 Å². The van der Waals surface area contributed by atoms with Crippen LogP contribution in [0.15, 0.2) is 0 Å². The third kappa shape index (κ3) is 16.0. The summed E-state index contributed by atoms with van der Waals surface area (Å²) in [5.41, 5.74) is 0. The molecular weight excluding hydrogens is 248 g/mol. The molecule has 2 radical (unpaired) electrons. The van der Waals surface area contributed by atoms with Gasteiger partial charge in [0.2, 0.25) is 0 Å². The quantitative estimate of drug-likeness (QED) is 0.308. The molecule has 0 aliphatic carbocycles. The zero-order valence-electron chi connectivity index (χ0n) is 13.7. The largest absolute Gasteiger partial charge is 0.237 e. The lowest BCUT2D eigenvalue weighted by molar-refractivity contribution is 0.0689. The molecule has 1 atom stereocenters. The van der Waals surface area contributed by atoms with Crippen LogP contribution in [0.5, 0.6) is 0 Å². The van der Waals surface area contributed by atoms with E-state index in [1.54, 1.807) is 0 Å². The molecule has 0 aromatic rings. The average molecular weight is 284 g/mol. The van der Waals surface area contributed by atoms with Gasteiger partial charge in [-0.3, -0.25) is 0 Å². The molecule has 20 heavy (non-hydrogen) atoms. The fourth-order valence-corrected chi connectivity index (χ4v) is 2.65. The van der Waals surface area contributed by atoms with Gasteiger partial charge in [-0.15, -0.1) is 0 Å². The van der Waals surface area contributed by atoms with E-state index in [1.165, 1.54) is 57.8 Å². The van der Waals surface area contributed by atoms with E-state index in [9.17, 15) is 10.2 Å². The molecule has 0 fully saturated rings. The third-order valence-corrected chi connectivity index (χ3v) is 4.05. The molecule has 0 bridgehead atoms. The monoisotopic (exact) mass is 284 g/mol. The Morgan fingerprint density at radius 2 is 1.00 bits per heavy atom. The molecule has 0 aromatic heterocycles. The first-order valence-electron chi connectivity index (χ1n) is 9.05. The van der Waals surface area contributed by atoms with Crippen molar-refractivity contribution < 1.29 is 10.2 Å². The maximum absolute atomic E-state index is 11.7. The first kappa shape index (κ1) is 19.9. The molecule has 0 N–H and O–H groups in total. The summed E-state index contributed by atoms with van der Waals surface area (Å²) in [4.78, 5) is 0. The summed E-state index contributed by atoms with van der Waals surface area (Å²) in [5.74, 6) is 0. The van der Waals surface area contributed by atoms with Crippen molar-refractivity contribution in [3.05, 3.63) is 0 Å². The predicted molar refractivity (Wildman–Crippen MR) is 85.0 cm³/mol. The van der Waals surface area contributed by atoms with Crippen molar-refractivity contribution in [3.63, 3.8) is 0 Å². The Morgan fingerprint density at radius 1 is 0.600 bits per heavy atom. The number of unbranched alkanes of at least 4 members (excludes halogenated alkanes) is 11. The van der Waals surface area contributed by atoms with Gasteiger partial charge in [0.05, 0.1) is 12.7 Å². The van der Waals surface area contributed by atoms with Crippen LogP contribution in [-0.2, 0) is 10.2 Å². The van der Waals surface area contributed by atoms with Gasteiger partial charge in [-0.05, 0) is 19.3 Å². The van der Waals surface area contributed by atoms with E-state index < -0.39 is 0 Å². The van der Waals surface area contributed by atoms with Crippen LogP contribution in [0.4, 0.5) is 0 Å². The van der Waals surface area contributed by atoms with Gasteiger partial charge in [-0.2, -0.15) is 0 Å². The standard InChI is InChI=1S/C18H36O2/c1-2-3-4-12-15-18(20)16-13-10-8-6-5-7-9-11-14-17-19/h18H,2-17H2,1H3. The highest BCUT2D eigenvalue weighted by Crippen LogP contribution is 2.14. The van der Waals surface area contributed by atoms with E-state index in [2.05, 4.69) is 6.92 Å². The molecule has 0 amide bonds. The minimum atomic E-state index is -0.307. The molecule has 2 nitrogen and oxygen atoms in total. The summed E-state index contributed by atoms with van der Waals surface area (Å²) in [6.07, 6.45) is 17.1. The number of rotatable bonds is 16. The highest BCUT2D eigenvalue weighted by molar-refractivity contribution is 4.57. The molecule has 0 aromatic carbocycles. The van der Waals surface area contributed by atoms with E-state index >= 15 is 0 Å². The first-order chi connectivity index (χ1) is 9.81. The van der Waals surface area contributed by atoms with Crippen LogP contribution < -0.4 is 0 Å². The lowest BCUT2D eigenvalue weighted by Crippen LogP contribution is -2.04. The second-order valence-electron chi connectivity index (χ2n) is 6.15. The Morgan fingerprint density at radius 3 is 1.45 bits per heavy atom. The van der Waals surface area contributed by atoms with Crippen molar-refractivity contribution in [3.8, 4) is 0 Å². The summed E-state index contributed by atoms with van der Waals surface area (Å²) in [6.45, 7) is 2.30. The van der Waals surface area contributed by atoms with Crippen molar-refractivity contribution in [2.75, 3.05) is 6.61 Å². The predicted octanol–water partition coefficient (Wildman–Crippen LogP) is 6.09. The normalized spacial score (nSPS) is 12.8. The Hall–Kier alpha value is -0.0800. The van der Waals surface area contributed by atoms with E-state index in [0.29, 0.717) is 0 Å². The van der Waals surface area contributed by atoms with E-state index in [4.69, 9.17) is 0 Å². The van der Waals surface area contributed by atoms with E-state index in [1.807, 2.05) is 0 Å². The smallest absolute Gasteiger partial charge is 0.0930 e. The molecule has 0 saturated heterocycles. The van der Waals surface area contributed by atoms with Crippen molar-refractivity contribution in [1.29, 1.82) is 0 Å². The molecule has 0 spiro atoms. The Kier molecular flexibility index (Phi) is 16.9. The van der Waals surface area contributed by atoms with E-state index in [-0.39, 0.29) is 12.7 Å². The zero-order valence-corrected chi connectivity index (χ0v) is 13.7. The SMILES string of the molecule is CCCCCCC([O])CCCCCCCCCCC[O]. The van der Waals surface area contributed by atoms with Gasteiger partial charge >= 0.3 is 0 Å². The van der Waals surface area contributed by atoms with Crippen molar-refractivity contribution in [2.24, 2.45) is 0 Å². The molecule has 1 unspecified atom stereocenters. The summed E-state index contributed by atoms with van der Waals surface area (Å²) < 4.78 is 0. The highest BCUT2D eigenvalue weighted by Gasteiger charge is 2.05. The van der Waals surface area contributed by atoms with Crippen LogP contribution in [0.3, 0.4) is 0 Å². The van der Waals surface area contributed by atoms with Gasteiger partial charge in [0.15, 0.2) is 0 Å². The number of hydrogen-bond acceptors (Lipinski definition) is 0. The molecule has 0 aliphatic heterocycles. The second-order valence-corrected chi connectivity index (χ2v) is 6.15. The Balaban J connectivity index is 3.07. The first-order valence-corrected chi connectivity index (χ1v) is 9.05. The molecule has 0 heterocycles. The third-order valence-electron chi connectivity index (χ3n) is 4.05. The van der Waals surface area contributed by atoms with Crippen LogP contribution >= 0.6 is 0 Å². The van der Waals surface area contributed by atoms with Gasteiger partial charge in [-0.1, -0.05) is 84.0 Å². The van der Waals surface area contributed by atoms with Gasteiger partial charge in [0.1, 0.15) is 0 Å². The van der Waals surface area contributed by atoms with Gasteiger partial charge in [-0.25, -0.2) is 10.2 Å². The van der Waals surface area contributed by atoms with Gasteiger partial charge in [0, 0.05) is 0 Å². The lowest BCUT2D eigenvalue weighted by Gasteiger charge is -2.08. The minimum absolute atomic E-state index is 0.0921. The molecule has 0 aliphatic rings. The molecule has 2 heteroatoms. The fraction of sp³-hybridized carbons (Fsp3) is 1.00. The molecule has 0 rings (SSSR count). The van der Waals surface area contributed by atoms with Crippen molar-refractivity contribution in [1.82, 2.24) is 0 Å². The summed E-state index contributed by atoms with van der Waals surface area (Å²) in [6, 6.07) is 0. The van der Waals surface area contributed by atoms with Crippen molar-refractivity contribution >= 4 is 0 Å². The minimum Gasteiger partial charge on any atom is -0.237 e. The summed E-state index contributed by atoms with van der Waals surface area (Å²) in [7, 11) is 0. The van der Waals surface area contributed by atoms with E-state index in [0.717, 1.165) is 38.5 Å². The fourth-order valence-electron chi connectivity index (χ4n) is 2.65. The summed E-state index contributed by atoms with van der Waals surface area (Å²) in [5, 5.41) is 22.0. The van der Waals surface area contributed by atoms with Gasteiger partial charge in [0.25, 0.3) is 0 Å². The topological polar surface area (TPSA) is 39.8 Å². The highest BCUT2D eigenvalue weighted by atomic mass is 16.3. The Labute approximate surface area is 127 Å². The molecular formula is C18H36O2. The lowest BCUT2D eigenvalue weighted by atomic mass is 10.0. The zero-order chi connectivity index (χ0) is 14.9.